The zero-order valence-electron chi connectivity index (χ0n) is 14.5. The van der Waals surface area contributed by atoms with Crippen LogP contribution in [-0.4, -0.2) is 31.1 Å². The minimum absolute atomic E-state index is 0. The largest absolute Gasteiger partial charge is 0.497 e. The lowest BCUT2D eigenvalue weighted by atomic mass is 10.0. The van der Waals surface area contributed by atoms with Crippen molar-refractivity contribution in [1.29, 1.82) is 0 Å². The second-order valence-corrected chi connectivity index (χ2v) is 6.52. The number of thioether (sulfide) groups is 1. The van der Waals surface area contributed by atoms with Gasteiger partial charge in [-0.15, -0.1) is 12.4 Å². The van der Waals surface area contributed by atoms with Crippen LogP contribution < -0.4 is 15.8 Å². The summed E-state index contributed by atoms with van der Waals surface area (Å²) in [6, 6.07) is 15.7. The fraction of sp³-hybridized carbons (Fsp3) is 0.316. The Balaban J connectivity index is 0.00000312. The van der Waals surface area contributed by atoms with Crippen LogP contribution in [0.2, 0.25) is 0 Å². The third-order valence-corrected chi connectivity index (χ3v) is 4.46. The van der Waals surface area contributed by atoms with Crippen molar-refractivity contribution < 1.29 is 9.53 Å². The van der Waals surface area contributed by atoms with Crippen LogP contribution in [0.15, 0.2) is 48.5 Å². The molecule has 0 aliphatic rings. The maximum atomic E-state index is 11.9. The summed E-state index contributed by atoms with van der Waals surface area (Å²) >= 11 is 1.70. The van der Waals surface area contributed by atoms with Crippen molar-refractivity contribution in [1.82, 2.24) is 5.32 Å². The Morgan fingerprint density at radius 1 is 1.12 bits per heavy atom. The van der Waals surface area contributed by atoms with E-state index in [1.807, 2.05) is 42.7 Å². The Morgan fingerprint density at radius 3 is 2.20 bits per heavy atom. The standard InChI is InChI=1S/C19H24N2O2S.ClH/c1-23-17-9-7-16(8-10-17)15-5-3-14(4-6-15)13-21-19(22)18(20)11-12-24-2;/h3-10,18H,11-13,20H2,1-2H3,(H,21,22);1H/t18-;/m0./s1. The summed E-state index contributed by atoms with van der Waals surface area (Å²) in [5.41, 5.74) is 9.17. The number of hydrogen-bond donors (Lipinski definition) is 2. The number of nitrogens with one attached hydrogen (secondary N) is 1. The molecule has 1 amide bonds. The number of amides is 1. The number of benzene rings is 2. The first kappa shape index (κ1) is 21.4. The number of rotatable bonds is 8. The minimum Gasteiger partial charge on any atom is -0.497 e. The van der Waals surface area contributed by atoms with Gasteiger partial charge in [-0.1, -0.05) is 36.4 Å². The maximum Gasteiger partial charge on any atom is 0.237 e. The first-order valence-corrected chi connectivity index (χ1v) is 9.29. The van der Waals surface area contributed by atoms with Gasteiger partial charge in [-0.05, 0) is 47.3 Å². The molecule has 0 saturated heterocycles. The lowest BCUT2D eigenvalue weighted by Gasteiger charge is -2.12. The van der Waals surface area contributed by atoms with E-state index in [1.165, 1.54) is 0 Å². The summed E-state index contributed by atoms with van der Waals surface area (Å²) in [5, 5.41) is 2.89. The van der Waals surface area contributed by atoms with E-state index in [0.29, 0.717) is 13.0 Å². The van der Waals surface area contributed by atoms with Crippen LogP contribution in [0.4, 0.5) is 0 Å². The van der Waals surface area contributed by atoms with E-state index in [2.05, 4.69) is 17.4 Å². The number of halogens is 1. The third-order valence-electron chi connectivity index (χ3n) is 3.81. The Morgan fingerprint density at radius 2 is 1.68 bits per heavy atom. The molecule has 0 unspecified atom stereocenters. The van der Waals surface area contributed by atoms with Gasteiger partial charge in [0.25, 0.3) is 0 Å². The van der Waals surface area contributed by atoms with Crippen molar-refractivity contribution in [2.24, 2.45) is 5.73 Å². The maximum absolute atomic E-state index is 11.9. The van der Waals surface area contributed by atoms with Gasteiger partial charge in [-0.3, -0.25) is 4.79 Å². The highest BCUT2D eigenvalue weighted by atomic mass is 35.5. The Labute approximate surface area is 159 Å². The van der Waals surface area contributed by atoms with E-state index in [-0.39, 0.29) is 18.3 Å². The Kier molecular flexibility index (Phi) is 9.42. The summed E-state index contributed by atoms with van der Waals surface area (Å²) in [5.74, 6) is 1.64. The number of nitrogens with two attached hydrogens (primary N) is 1. The molecule has 1 atom stereocenters. The zero-order chi connectivity index (χ0) is 17.4. The molecule has 0 aliphatic heterocycles. The molecule has 0 bridgehead atoms. The van der Waals surface area contributed by atoms with Gasteiger partial charge >= 0.3 is 0 Å². The van der Waals surface area contributed by atoms with Crippen LogP contribution in [-0.2, 0) is 11.3 Å². The van der Waals surface area contributed by atoms with Gasteiger partial charge in [-0.25, -0.2) is 0 Å². The van der Waals surface area contributed by atoms with E-state index >= 15 is 0 Å². The molecule has 2 aromatic rings. The molecule has 0 radical (unpaired) electrons. The fourth-order valence-corrected chi connectivity index (χ4v) is 2.78. The highest BCUT2D eigenvalue weighted by Crippen LogP contribution is 2.22. The summed E-state index contributed by atoms with van der Waals surface area (Å²) in [4.78, 5) is 11.9. The molecule has 0 aromatic heterocycles. The summed E-state index contributed by atoms with van der Waals surface area (Å²) in [6.07, 6.45) is 2.71. The van der Waals surface area contributed by atoms with Gasteiger partial charge in [0.2, 0.25) is 5.91 Å². The van der Waals surface area contributed by atoms with Crippen molar-refractivity contribution in [3.8, 4) is 16.9 Å². The average molecular weight is 381 g/mol. The molecule has 0 heterocycles. The van der Waals surface area contributed by atoms with Gasteiger partial charge in [0.05, 0.1) is 13.2 Å². The lowest BCUT2D eigenvalue weighted by Crippen LogP contribution is -2.40. The van der Waals surface area contributed by atoms with Crippen LogP contribution in [0.1, 0.15) is 12.0 Å². The predicted octanol–water partition coefficient (Wildman–Crippen LogP) is 3.48. The SMILES string of the molecule is COc1ccc(-c2ccc(CNC(=O)[C@@H](N)CCSC)cc2)cc1.Cl. The fourth-order valence-electron chi connectivity index (χ4n) is 2.29. The van der Waals surface area contributed by atoms with Gasteiger partial charge in [0.15, 0.2) is 0 Å². The Bertz CT molecular complexity index is 647. The molecule has 0 aliphatic carbocycles. The summed E-state index contributed by atoms with van der Waals surface area (Å²) < 4.78 is 5.17. The first-order valence-electron chi connectivity index (χ1n) is 7.89. The van der Waals surface area contributed by atoms with E-state index in [4.69, 9.17) is 10.5 Å². The van der Waals surface area contributed by atoms with Crippen LogP contribution in [0.3, 0.4) is 0 Å². The van der Waals surface area contributed by atoms with E-state index in [1.54, 1.807) is 18.9 Å². The molecular weight excluding hydrogens is 356 g/mol. The number of hydrogen-bond acceptors (Lipinski definition) is 4. The topological polar surface area (TPSA) is 64.3 Å². The average Bonchev–Trinajstić information content (AvgIpc) is 2.64. The van der Waals surface area contributed by atoms with E-state index < -0.39 is 6.04 Å². The van der Waals surface area contributed by atoms with Gasteiger partial charge < -0.3 is 15.8 Å². The number of carbonyl (C=O) groups excluding carboxylic acids is 1. The van der Waals surface area contributed by atoms with Crippen LogP contribution in [0.25, 0.3) is 11.1 Å². The molecule has 6 heteroatoms. The van der Waals surface area contributed by atoms with Crippen LogP contribution >= 0.6 is 24.2 Å². The highest BCUT2D eigenvalue weighted by molar-refractivity contribution is 7.98. The Hall–Kier alpha value is -1.69. The molecular formula is C19H25ClN2O2S. The van der Waals surface area contributed by atoms with Gasteiger partial charge in [0.1, 0.15) is 5.75 Å². The van der Waals surface area contributed by atoms with Crippen molar-refractivity contribution >= 4 is 30.1 Å². The third kappa shape index (κ3) is 6.61. The smallest absolute Gasteiger partial charge is 0.237 e. The van der Waals surface area contributed by atoms with Crippen molar-refractivity contribution in [2.75, 3.05) is 19.1 Å². The number of ether oxygens (including phenoxy) is 1. The van der Waals surface area contributed by atoms with E-state index in [0.717, 1.165) is 28.2 Å². The summed E-state index contributed by atoms with van der Waals surface area (Å²) in [6.45, 7) is 0.495. The molecule has 0 spiro atoms. The number of carbonyl (C=O) groups is 1. The number of methoxy groups -OCH3 is 1. The van der Waals surface area contributed by atoms with E-state index in [9.17, 15) is 4.79 Å². The molecule has 25 heavy (non-hydrogen) atoms. The van der Waals surface area contributed by atoms with Gasteiger partial charge in [-0.2, -0.15) is 11.8 Å². The van der Waals surface area contributed by atoms with Crippen molar-refractivity contribution in [2.45, 2.75) is 19.0 Å². The molecule has 0 saturated carbocycles. The molecule has 2 aromatic carbocycles. The van der Waals surface area contributed by atoms with Crippen LogP contribution in [0.5, 0.6) is 5.75 Å². The molecule has 0 fully saturated rings. The summed E-state index contributed by atoms with van der Waals surface area (Å²) in [7, 11) is 1.66. The molecule has 2 rings (SSSR count). The molecule has 4 nitrogen and oxygen atoms in total. The second kappa shape index (κ2) is 11.0. The molecule has 136 valence electrons. The van der Waals surface area contributed by atoms with Crippen molar-refractivity contribution in [3.05, 3.63) is 54.1 Å². The quantitative estimate of drug-likeness (QED) is 0.735. The first-order chi connectivity index (χ1) is 11.6. The minimum atomic E-state index is -0.434. The predicted molar refractivity (Wildman–Crippen MR) is 108 cm³/mol. The van der Waals surface area contributed by atoms with Crippen molar-refractivity contribution in [3.63, 3.8) is 0 Å². The van der Waals surface area contributed by atoms with Gasteiger partial charge in [0, 0.05) is 6.54 Å². The monoisotopic (exact) mass is 380 g/mol. The molecule has 3 N–H and O–H groups in total. The zero-order valence-corrected chi connectivity index (χ0v) is 16.2. The lowest BCUT2D eigenvalue weighted by molar-refractivity contribution is -0.122. The van der Waals surface area contributed by atoms with Crippen LogP contribution in [0, 0.1) is 0 Å². The highest BCUT2D eigenvalue weighted by Gasteiger charge is 2.12. The second-order valence-electron chi connectivity index (χ2n) is 5.53. The normalized spacial score (nSPS) is 11.3.